The predicted octanol–water partition coefficient (Wildman–Crippen LogP) is 0.779. The van der Waals surface area contributed by atoms with Gasteiger partial charge in [0.1, 0.15) is 0 Å². The van der Waals surface area contributed by atoms with Crippen molar-refractivity contribution < 1.29 is 55.5 Å². The molecule has 0 saturated heterocycles. The van der Waals surface area contributed by atoms with Crippen molar-refractivity contribution in [2.45, 2.75) is 0 Å². The quantitative estimate of drug-likeness (QED) is 0.735. The molecule has 3 N–H and O–H groups in total. The molecule has 1 radical (unpaired) electrons. The molecule has 0 saturated carbocycles. The van der Waals surface area contributed by atoms with Crippen molar-refractivity contribution in [3.05, 3.63) is 34.9 Å². The molecule has 0 atom stereocenters. The van der Waals surface area contributed by atoms with E-state index in [0.717, 1.165) is 18.2 Å². The second kappa shape index (κ2) is 5.55. The average Bonchev–Trinajstić information content (AvgIpc) is 2.16. The van der Waals surface area contributed by atoms with Crippen LogP contribution in [0.25, 0.3) is 0 Å². The predicted molar refractivity (Wildman–Crippen MR) is 47.3 cm³/mol. The van der Waals surface area contributed by atoms with Crippen LogP contribution in [0.5, 0.6) is 0 Å². The van der Waals surface area contributed by atoms with Crippen molar-refractivity contribution in [1.29, 1.82) is 0 Å². The maximum Gasteiger partial charge on any atom is 0.336 e. The fourth-order valence-corrected chi connectivity index (χ4v) is 1.04. The third-order valence-electron chi connectivity index (χ3n) is 1.73. The molecular weight excluding hydrogens is 249 g/mol. The average molecular weight is 255 g/mol. The second-order valence-corrected chi connectivity index (χ2v) is 2.68. The summed E-state index contributed by atoms with van der Waals surface area (Å²) in [5.41, 5.74) is -1.24. The number of carboxylic acids is 3. The molecule has 0 bridgehead atoms. The van der Waals surface area contributed by atoms with Gasteiger partial charge in [-0.3, -0.25) is 0 Å². The monoisotopic (exact) mass is 255 g/mol. The van der Waals surface area contributed by atoms with E-state index in [1.807, 2.05) is 0 Å². The van der Waals surface area contributed by atoms with E-state index < -0.39 is 29.0 Å². The summed E-state index contributed by atoms with van der Waals surface area (Å²) in [5.74, 6) is -4.20. The van der Waals surface area contributed by atoms with Gasteiger partial charge in [-0.05, 0) is 18.2 Å². The van der Waals surface area contributed by atoms with Gasteiger partial charge < -0.3 is 15.3 Å². The summed E-state index contributed by atoms with van der Waals surface area (Å²) in [4.78, 5) is 31.8. The van der Waals surface area contributed by atoms with Crippen molar-refractivity contribution in [2.24, 2.45) is 0 Å². The van der Waals surface area contributed by atoms with E-state index in [1.165, 1.54) is 0 Å². The Labute approximate surface area is 108 Å². The molecule has 0 aliphatic rings. The molecule has 16 heavy (non-hydrogen) atoms. The molecule has 1 aromatic carbocycles. The fourth-order valence-electron chi connectivity index (χ4n) is 1.04. The molecule has 0 amide bonds. The maximum atomic E-state index is 10.6. The van der Waals surface area contributed by atoms with Crippen LogP contribution < -0.4 is 0 Å². The van der Waals surface area contributed by atoms with Gasteiger partial charge in [0.05, 0.1) is 16.7 Å². The van der Waals surface area contributed by atoms with Gasteiger partial charge in [-0.2, -0.15) is 0 Å². The van der Waals surface area contributed by atoms with Gasteiger partial charge in [0.25, 0.3) is 0 Å². The minimum absolute atomic E-state index is 0. The largest absolute Gasteiger partial charge is 0.478 e. The zero-order valence-electron chi connectivity index (χ0n) is 7.88. The van der Waals surface area contributed by atoms with Crippen LogP contribution in [0, 0.1) is 0 Å². The Morgan fingerprint density at radius 2 is 1.31 bits per heavy atom. The number of hydrogen-bond donors (Lipinski definition) is 3. The first kappa shape index (κ1) is 14.5. The van der Waals surface area contributed by atoms with Gasteiger partial charge in [0, 0.05) is 25.8 Å². The molecule has 0 aromatic heterocycles. The standard InChI is InChI=1S/C9H6O6.Sc/c10-7(11)4-1-2-5(8(12)13)6(3-4)9(14)15;/h1-3H,(H,10,11)(H,12,13)(H,14,15);. The Balaban J connectivity index is 0.00000225. The van der Waals surface area contributed by atoms with Crippen LogP contribution in [0.15, 0.2) is 18.2 Å². The summed E-state index contributed by atoms with van der Waals surface area (Å²) < 4.78 is 0. The van der Waals surface area contributed by atoms with Crippen molar-refractivity contribution in [3.8, 4) is 0 Å². The molecule has 81 valence electrons. The third-order valence-corrected chi connectivity index (χ3v) is 1.73. The Morgan fingerprint density at radius 3 is 1.69 bits per heavy atom. The van der Waals surface area contributed by atoms with E-state index in [1.54, 1.807) is 0 Å². The smallest absolute Gasteiger partial charge is 0.336 e. The summed E-state index contributed by atoms with van der Waals surface area (Å²) >= 11 is 0. The molecule has 1 aromatic rings. The minimum Gasteiger partial charge on any atom is -0.478 e. The number of carboxylic acid groups (broad SMARTS) is 3. The summed E-state index contributed by atoms with van der Waals surface area (Å²) in [6.07, 6.45) is 0. The van der Waals surface area contributed by atoms with Crippen LogP contribution in [0.1, 0.15) is 31.1 Å². The number of rotatable bonds is 3. The van der Waals surface area contributed by atoms with Crippen LogP contribution in [-0.4, -0.2) is 33.2 Å². The van der Waals surface area contributed by atoms with Crippen molar-refractivity contribution in [2.75, 3.05) is 0 Å². The van der Waals surface area contributed by atoms with Crippen molar-refractivity contribution in [1.82, 2.24) is 0 Å². The summed E-state index contributed by atoms with van der Waals surface area (Å²) in [5, 5.41) is 25.9. The zero-order chi connectivity index (χ0) is 11.6. The summed E-state index contributed by atoms with van der Waals surface area (Å²) in [7, 11) is 0. The minimum atomic E-state index is -1.48. The van der Waals surface area contributed by atoms with Gasteiger partial charge in [-0.25, -0.2) is 14.4 Å². The molecule has 0 aliphatic heterocycles. The molecule has 7 heteroatoms. The fraction of sp³-hybridized carbons (Fsp3) is 0. The van der Waals surface area contributed by atoms with Crippen molar-refractivity contribution >= 4 is 17.9 Å². The third kappa shape index (κ3) is 2.99. The number of carbonyl (C=O) groups is 3. The Bertz CT molecular complexity index is 453. The Morgan fingerprint density at radius 1 is 0.812 bits per heavy atom. The summed E-state index contributed by atoms with van der Waals surface area (Å²) in [6, 6.07) is 2.81. The normalized spacial score (nSPS) is 9.00. The Hall–Kier alpha value is -1.50. The van der Waals surface area contributed by atoms with E-state index >= 15 is 0 Å². The Kier molecular flexibility index (Phi) is 5.03. The molecule has 1 rings (SSSR count). The first-order valence-electron chi connectivity index (χ1n) is 3.77. The van der Waals surface area contributed by atoms with Crippen molar-refractivity contribution in [3.63, 3.8) is 0 Å². The number of aromatic carboxylic acids is 3. The molecule has 0 heterocycles. The zero-order valence-corrected chi connectivity index (χ0v) is 9.68. The molecule has 0 unspecified atom stereocenters. The molecule has 0 fully saturated rings. The molecule has 0 spiro atoms. The van der Waals surface area contributed by atoms with Gasteiger partial charge in [0.2, 0.25) is 0 Å². The van der Waals surface area contributed by atoms with Gasteiger partial charge in [-0.1, -0.05) is 0 Å². The number of benzene rings is 1. The van der Waals surface area contributed by atoms with E-state index in [-0.39, 0.29) is 31.4 Å². The van der Waals surface area contributed by atoms with Gasteiger partial charge >= 0.3 is 17.9 Å². The second-order valence-electron chi connectivity index (χ2n) is 2.68. The first-order valence-corrected chi connectivity index (χ1v) is 3.77. The van der Waals surface area contributed by atoms with Crippen LogP contribution in [-0.2, 0) is 25.8 Å². The molecule has 6 nitrogen and oxygen atoms in total. The van der Waals surface area contributed by atoms with Crippen LogP contribution in [0.2, 0.25) is 0 Å². The molecular formula is C9H6O6Sc. The van der Waals surface area contributed by atoms with E-state index in [9.17, 15) is 14.4 Å². The van der Waals surface area contributed by atoms with Gasteiger partial charge in [-0.15, -0.1) is 0 Å². The number of hydrogen-bond acceptors (Lipinski definition) is 3. The van der Waals surface area contributed by atoms with Crippen LogP contribution >= 0.6 is 0 Å². The van der Waals surface area contributed by atoms with Crippen LogP contribution in [0.3, 0.4) is 0 Å². The topological polar surface area (TPSA) is 112 Å². The van der Waals surface area contributed by atoms with E-state index in [0.29, 0.717) is 0 Å². The van der Waals surface area contributed by atoms with Crippen LogP contribution in [0.4, 0.5) is 0 Å². The maximum absolute atomic E-state index is 10.6. The van der Waals surface area contributed by atoms with E-state index in [4.69, 9.17) is 15.3 Å². The van der Waals surface area contributed by atoms with Gasteiger partial charge in [0.15, 0.2) is 0 Å². The summed E-state index contributed by atoms with van der Waals surface area (Å²) in [6.45, 7) is 0. The van der Waals surface area contributed by atoms with E-state index in [2.05, 4.69) is 0 Å². The molecule has 0 aliphatic carbocycles. The first-order chi connectivity index (χ1) is 6.93. The SMILES string of the molecule is O=C(O)c1ccc(C(=O)O)c(C(=O)O)c1.[Sc].